The number of nitrogens with zero attached hydrogens (tertiary/aromatic N) is 1. The van der Waals surface area contributed by atoms with Gasteiger partial charge in [-0.05, 0) is 44.5 Å². The van der Waals surface area contributed by atoms with Crippen molar-refractivity contribution in [2.45, 2.75) is 26.4 Å². The molecule has 1 atom stereocenters. The van der Waals surface area contributed by atoms with Gasteiger partial charge in [-0.3, -0.25) is 4.98 Å². The van der Waals surface area contributed by atoms with Gasteiger partial charge in [0.1, 0.15) is 0 Å². The maximum absolute atomic E-state index is 5.42. The van der Waals surface area contributed by atoms with Crippen LogP contribution in [0.1, 0.15) is 19.4 Å². The molecule has 1 aromatic rings. The van der Waals surface area contributed by atoms with Crippen LogP contribution < -0.4 is 5.32 Å². The van der Waals surface area contributed by atoms with E-state index in [1.165, 1.54) is 5.56 Å². The molecule has 0 bridgehead atoms. The van der Waals surface area contributed by atoms with Gasteiger partial charge in [0.2, 0.25) is 0 Å². The van der Waals surface area contributed by atoms with Crippen molar-refractivity contribution in [3.63, 3.8) is 0 Å². The summed E-state index contributed by atoms with van der Waals surface area (Å²) in [5.74, 6) is 0. The Balaban J connectivity index is 2.07. The molecule has 1 rings (SSSR count). The molecule has 0 aliphatic carbocycles. The average molecular weight is 208 g/mol. The van der Waals surface area contributed by atoms with Gasteiger partial charge in [-0.1, -0.05) is 0 Å². The minimum absolute atomic E-state index is 0.299. The van der Waals surface area contributed by atoms with Crippen LogP contribution in [0.3, 0.4) is 0 Å². The first-order valence-corrected chi connectivity index (χ1v) is 5.54. The summed E-state index contributed by atoms with van der Waals surface area (Å²) in [7, 11) is 0. The molecule has 15 heavy (non-hydrogen) atoms. The smallest absolute Gasteiger partial charge is 0.0671 e. The third-order valence-electron chi connectivity index (χ3n) is 2.22. The van der Waals surface area contributed by atoms with Gasteiger partial charge >= 0.3 is 0 Å². The number of hydrogen-bond acceptors (Lipinski definition) is 3. The highest BCUT2D eigenvalue weighted by Gasteiger charge is 1.99. The molecule has 1 aromatic heterocycles. The lowest BCUT2D eigenvalue weighted by Gasteiger charge is -2.12. The molecular weight excluding hydrogens is 188 g/mol. The van der Waals surface area contributed by atoms with Crippen molar-refractivity contribution in [2.75, 3.05) is 19.7 Å². The van der Waals surface area contributed by atoms with E-state index in [1.54, 1.807) is 0 Å². The number of aromatic nitrogens is 1. The van der Waals surface area contributed by atoms with Gasteiger partial charge in [0.05, 0.1) is 6.10 Å². The Morgan fingerprint density at radius 3 is 2.80 bits per heavy atom. The summed E-state index contributed by atoms with van der Waals surface area (Å²) in [4.78, 5) is 3.99. The topological polar surface area (TPSA) is 34.1 Å². The van der Waals surface area contributed by atoms with E-state index in [9.17, 15) is 0 Å². The predicted molar refractivity (Wildman–Crippen MR) is 61.9 cm³/mol. The molecule has 0 aromatic carbocycles. The van der Waals surface area contributed by atoms with Crippen LogP contribution in [0.25, 0.3) is 0 Å². The van der Waals surface area contributed by atoms with E-state index in [-0.39, 0.29) is 0 Å². The maximum atomic E-state index is 5.42. The van der Waals surface area contributed by atoms with Crippen molar-refractivity contribution < 1.29 is 4.74 Å². The molecule has 3 nitrogen and oxygen atoms in total. The third-order valence-corrected chi connectivity index (χ3v) is 2.22. The second-order valence-electron chi connectivity index (χ2n) is 3.58. The Kier molecular flexibility index (Phi) is 5.97. The van der Waals surface area contributed by atoms with E-state index in [4.69, 9.17) is 4.74 Å². The van der Waals surface area contributed by atoms with Gasteiger partial charge in [0, 0.05) is 25.5 Å². The Morgan fingerprint density at radius 1 is 1.40 bits per heavy atom. The molecule has 0 spiro atoms. The minimum Gasteiger partial charge on any atom is -0.377 e. The molecule has 3 heteroatoms. The molecule has 1 N–H and O–H groups in total. The van der Waals surface area contributed by atoms with Crippen LogP contribution in [0, 0.1) is 0 Å². The molecule has 1 heterocycles. The van der Waals surface area contributed by atoms with Crippen LogP contribution in [0.2, 0.25) is 0 Å². The number of hydrogen-bond donors (Lipinski definition) is 1. The molecule has 0 saturated carbocycles. The van der Waals surface area contributed by atoms with Crippen LogP contribution in [0.15, 0.2) is 24.5 Å². The van der Waals surface area contributed by atoms with Crippen LogP contribution in [-0.4, -0.2) is 30.8 Å². The average Bonchev–Trinajstić information content (AvgIpc) is 2.26. The minimum atomic E-state index is 0.299. The van der Waals surface area contributed by atoms with Crippen molar-refractivity contribution in [3.8, 4) is 0 Å². The number of ether oxygens (including phenoxy) is 1. The Bertz CT molecular complexity index is 251. The monoisotopic (exact) mass is 208 g/mol. The van der Waals surface area contributed by atoms with E-state index in [0.717, 1.165) is 26.1 Å². The summed E-state index contributed by atoms with van der Waals surface area (Å²) in [6.45, 7) is 6.80. The fourth-order valence-corrected chi connectivity index (χ4v) is 1.43. The molecule has 84 valence electrons. The first-order valence-electron chi connectivity index (χ1n) is 5.54. The van der Waals surface area contributed by atoms with E-state index in [2.05, 4.69) is 17.2 Å². The lowest BCUT2D eigenvalue weighted by molar-refractivity contribution is 0.0763. The normalized spacial score (nSPS) is 12.7. The van der Waals surface area contributed by atoms with Crippen molar-refractivity contribution in [1.29, 1.82) is 0 Å². The van der Waals surface area contributed by atoms with Crippen molar-refractivity contribution >= 4 is 0 Å². The van der Waals surface area contributed by atoms with Crippen LogP contribution >= 0.6 is 0 Å². The second kappa shape index (κ2) is 7.37. The van der Waals surface area contributed by atoms with Crippen LogP contribution in [-0.2, 0) is 11.2 Å². The number of rotatable bonds is 7. The predicted octanol–water partition coefficient (Wildman–Crippen LogP) is 1.64. The lowest BCUT2D eigenvalue weighted by Crippen LogP contribution is -2.28. The van der Waals surface area contributed by atoms with Gasteiger partial charge in [-0.25, -0.2) is 0 Å². The summed E-state index contributed by atoms with van der Waals surface area (Å²) in [5.41, 5.74) is 1.32. The van der Waals surface area contributed by atoms with Gasteiger partial charge in [-0.15, -0.1) is 0 Å². The zero-order chi connectivity index (χ0) is 10.9. The number of nitrogens with one attached hydrogen (secondary N) is 1. The fourth-order valence-electron chi connectivity index (χ4n) is 1.43. The molecule has 0 aliphatic heterocycles. The highest BCUT2D eigenvalue weighted by Crippen LogP contribution is 1.96. The summed E-state index contributed by atoms with van der Waals surface area (Å²) >= 11 is 0. The van der Waals surface area contributed by atoms with Crippen molar-refractivity contribution in [2.24, 2.45) is 0 Å². The molecule has 1 unspecified atom stereocenters. The van der Waals surface area contributed by atoms with Crippen molar-refractivity contribution in [1.82, 2.24) is 10.3 Å². The lowest BCUT2D eigenvalue weighted by atomic mass is 10.2. The Hall–Kier alpha value is -0.930. The van der Waals surface area contributed by atoms with Crippen LogP contribution in [0.4, 0.5) is 0 Å². The Labute approximate surface area is 91.9 Å². The molecule has 0 fully saturated rings. The Morgan fingerprint density at radius 2 is 2.13 bits per heavy atom. The highest BCUT2D eigenvalue weighted by molar-refractivity contribution is 5.09. The van der Waals surface area contributed by atoms with Crippen LogP contribution in [0.5, 0.6) is 0 Å². The van der Waals surface area contributed by atoms with Gasteiger partial charge in [0.15, 0.2) is 0 Å². The highest BCUT2D eigenvalue weighted by atomic mass is 16.5. The molecule has 0 radical (unpaired) electrons. The third kappa shape index (κ3) is 5.50. The molecule has 0 amide bonds. The largest absolute Gasteiger partial charge is 0.377 e. The SMILES string of the molecule is CCOC(C)CNCCc1ccncc1. The molecule has 0 saturated heterocycles. The van der Waals surface area contributed by atoms with E-state index < -0.39 is 0 Å². The maximum Gasteiger partial charge on any atom is 0.0671 e. The quantitative estimate of drug-likeness (QED) is 0.692. The summed E-state index contributed by atoms with van der Waals surface area (Å²) in [6, 6.07) is 4.10. The van der Waals surface area contributed by atoms with E-state index in [1.807, 2.05) is 31.5 Å². The van der Waals surface area contributed by atoms with Gasteiger partial charge < -0.3 is 10.1 Å². The first kappa shape index (κ1) is 12.1. The zero-order valence-electron chi connectivity index (χ0n) is 9.57. The fraction of sp³-hybridized carbons (Fsp3) is 0.583. The standard InChI is InChI=1S/C12H20N2O/c1-3-15-11(2)10-14-9-6-12-4-7-13-8-5-12/h4-5,7-8,11,14H,3,6,9-10H2,1-2H3. The second-order valence-corrected chi connectivity index (χ2v) is 3.58. The number of pyridine rings is 1. The van der Waals surface area contributed by atoms with E-state index in [0.29, 0.717) is 6.10 Å². The first-order chi connectivity index (χ1) is 7.33. The molecule has 0 aliphatic rings. The van der Waals surface area contributed by atoms with Gasteiger partial charge in [0.25, 0.3) is 0 Å². The zero-order valence-corrected chi connectivity index (χ0v) is 9.57. The van der Waals surface area contributed by atoms with E-state index >= 15 is 0 Å². The summed E-state index contributed by atoms with van der Waals surface area (Å²) in [6.07, 6.45) is 5.00. The molecular formula is C12H20N2O. The van der Waals surface area contributed by atoms with Gasteiger partial charge in [-0.2, -0.15) is 0 Å². The summed E-state index contributed by atoms with van der Waals surface area (Å²) < 4.78 is 5.42. The van der Waals surface area contributed by atoms with Crippen molar-refractivity contribution in [3.05, 3.63) is 30.1 Å². The summed E-state index contributed by atoms with van der Waals surface area (Å²) in [5, 5.41) is 3.37.